The molecule has 286 valence electrons. The van der Waals surface area contributed by atoms with Gasteiger partial charge < -0.3 is 30.0 Å². The number of hydrogen-bond acceptors (Lipinski definition) is 10. The number of nitrogens with two attached hydrogens (primary N) is 1. The van der Waals surface area contributed by atoms with Crippen molar-refractivity contribution in [1.29, 1.82) is 0 Å². The zero-order chi connectivity index (χ0) is 39.0. The van der Waals surface area contributed by atoms with Crippen molar-refractivity contribution in [2.75, 3.05) is 13.2 Å². The van der Waals surface area contributed by atoms with Crippen LogP contribution in [-0.2, 0) is 30.4 Å². The summed E-state index contributed by atoms with van der Waals surface area (Å²) in [7, 11) is 0. The Morgan fingerprint density at radius 1 is 0.811 bits per heavy atom. The van der Waals surface area contributed by atoms with E-state index >= 15 is 0 Å². The number of imide groups is 1. The monoisotopic (exact) mass is 731 g/mol. The third-order valence-electron chi connectivity index (χ3n) is 7.76. The van der Waals surface area contributed by atoms with Gasteiger partial charge in [-0.2, -0.15) is 0 Å². The molecule has 0 bridgehead atoms. The molecule has 0 saturated carbocycles. The van der Waals surface area contributed by atoms with Crippen molar-refractivity contribution >= 4 is 29.8 Å². The molecule has 12 heteroatoms. The summed E-state index contributed by atoms with van der Waals surface area (Å²) in [6, 6.07) is 19.7. The van der Waals surface area contributed by atoms with Crippen LogP contribution in [0.15, 0.2) is 78.9 Å². The van der Waals surface area contributed by atoms with Crippen LogP contribution in [0.1, 0.15) is 99.9 Å². The third kappa shape index (κ3) is 14.0. The van der Waals surface area contributed by atoms with Crippen LogP contribution in [0.5, 0.6) is 11.5 Å². The first-order valence-electron chi connectivity index (χ1n) is 18.0. The van der Waals surface area contributed by atoms with Crippen LogP contribution >= 0.6 is 0 Å². The van der Waals surface area contributed by atoms with Crippen molar-refractivity contribution in [2.45, 2.75) is 97.9 Å². The summed E-state index contributed by atoms with van der Waals surface area (Å²) < 4.78 is 22.3. The molecule has 0 unspecified atom stereocenters. The molecule has 3 amide bonds. The first-order chi connectivity index (χ1) is 25.2. The van der Waals surface area contributed by atoms with E-state index in [9.17, 15) is 24.0 Å². The molecule has 3 aromatic carbocycles. The summed E-state index contributed by atoms with van der Waals surface area (Å²) in [6.07, 6.45) is 0.867. The minimum Gasteiger partial charge on any atom is -0.464 e. The lowest BCUT2D eigenvalue weighted by Gasteiger charge is -2.33. The quantitative estimate of drug-likeness (QED) is 0.0777. The molecule has 0 radical (unpaired) electrons. The van der Waals surface area contributed by atoms with E-state index in [1.54, 1.807) is 69.3 Å². The number of ether oxygens (including phenoxy) is 4. The Bertz CT molecular complexity index is 1640. The Hall–Kier alpha value is -5.23. The average molecular weight is 732 g/mol. The number of amides is 3. The molecule has 0 aromatic heterocycles. The Morgan fingerprint density at radius 3 is 1.96 bits per heavy atom. The van der Waals surface area contributed by atoms with Gasteiger partial charge in [0.25, 0.3) is 11.8 Å². The molecule has 0 fully saturated rings. The number of esters is 2. The largest absolute Gasteiger partial charge is 0.464 e. The van der Waals surface area contributed by atoms with Gasteiger partial charge in [-0.15, -0.1) is 0 Å². The maximum absolute atomic E-state index is 14.3. The molecule has 0 saturated heterocycles. The molecule has 0 heterocycles. The Kier molecular flexibility index (Phi) is 16.5. The second-order valence-corrected chi connectivity index (χ2v) is 14.0. The van der Waals surface area contributed by atoms with E-state index in [1.807, 2.05) is 51.1 Å². The highest BCUT2D eigenvalue weighted by Crippen LogP contribution is 2.24. The van der Waals surface area contributed by atoms with Crippen LogP contribution in [0.4, 0.5) is 4.79 Å². The van der Waals surface area contributed by atoms with Crippen molar-refractivity contribution in [3.05, 3.63) is 95.6 Å². The van der Waals surface area contributed by atoms with Crippen molar-refractivity contribution in [1.82, 2.24) is 10.2 Å². The first-order valence-corrected chi connectivity index (χ1v) is 18.0. The number of carbonyl (C=O) groups is 5. The van der Waals surface area contributed by atoms with E-state index in [0.717, 1.165) is 10.5 Å². The van der Waals surface area contributed by atoms with Crippen LogP contribution < -0.4 is 15.8 Å². The number of hydrogen-bond donors (Lipinski definition) is 2. The van der Waals surface area contributed by atoms with Crippen LogP contribution in [0.25, 0.3) is 0 Å². The highest BCUT2D eigenvalue weighted by atomic mass is 16.6. The third-order valence-corrected chi connectivity index (χ3v) is 7.76. The fourth-order valence-corrected chi connectivity index (χ4v) is 5.19. The van der Waals surface area contributed by atoms with Gasteiger partial charge in [-0.25, -0.2) is 19.3 Å². The smallest absolute Gasteiger partial charge is 0.417 e. The molecule has 0 aliphatic rings. The summed E-state index contributed by atoms with van der Waals surface area (Å²) in [5.74, 6) is -1.71. The molecule has 3 aromatic rings. The number of nitrogens with one attached hydrogen (secondary N) is 1. The van der Waals surface area contributed by atoms with Gasteiger partial charge in [-0.05, 0) is 119 Å². The molecule has 0 aliphatic heterocycles. The van der Waals surface area contributed by atoms with Gasteiger partial charge in [0.15, 0.2) is 0 Å². The Balaban J connectivity index is 1.76. The lowest BCUT2D eigenvalue weighted by atomic mass is 10.00. The minimum atomic E-state index is -1.27. The molecule has 12 nitrogen and oxygen atoms in total. The summed E-state index contributed by atoms with van der Waals surface area (Å²) in [6.45, 7) is 11.2. The molecule has 0 spiro atoms. The van der Waals surface area contributed by atoms with E-state index in [1.165, 1.54) is 0 Å². The van der Waals surface area contributed by atoms with E-state index in [0.29, 0.717) is 42.9 Å². The van der Waals surface area contributed by atoms with Gasteiger partial charge in [-0.3, -0.25) is 9.59 Å². The SMILES string of the molecule is CCCOC(=O)[C@H](CCCCN)N(C(=O)OC(C)(C)C)C(=O)[C@H](CC(C)C)NC(=O)c1ccc(Oc2ccc(C(=O)OCc3ccccc3)cc2)cc1. The number of nitrogens with zero attached hydrogens (tertiary/aromatic N) is 1. The van der Waals surface area contributed by atoms with Crippen LogP contribution in [0.2, 0.25) is 0 Å². The molecule has 0 aliphatic carbocycles. The van der Waals surface area contributed by atoms with E-state index < -0.39 is 47.5 Å². The van der Waals surface area contributed by atoms with E-state index in [4.69, 9.17) is 24.7 Å². The standard InChI is InChI=1S/C41H53N3O9/c1-7-25-50-39(48)35(15-11-12-24-42)44(40(49)53-41(4,5)6)37(46)34(26-28(2)3)43-36(45)30-16-20-32(21-17-30)52-33-22-18-31(19-23-33)38(47)51-27-29-13-9-8-10-14-29/h8-10,13-14,16-23,28,34-35H,7,11-12,15,24-27,42H2,1-6H3,(H,43,45)/t34-,35-/m0/s1. The van der Waals surface area contributed by atoms with Gasteiger partial charge in [0.1, 0.15) is 35.8 Å². The second kappa shape index (κ2) is 20.7. The van der Waals surface area contributed by atoms with Crippen LogP contribution in [-0.4, -0.2) is 65.6 Å². The zero-order valence-electron chi connectivity index (χ0n) is 31.6. The zero-order valence-corrected chi connectivity index (χ0v) is 31.6. The van der Waals surface area contributed by atoms with Crippen LogP contribution in [0.3, 0.4) is 0 Å². The summed E-state index contributed by atoms with van der Waals surface area (Å²) in [4.78, 5) is 68.0. The molecular formula is C41H53N3O9. The summed E-state index contributed by atoms with van der Waals surface area (Å²) in [5.41, 5.74) is 6.21. The van der Waals surface area contributed by atoms with Gasteiger partial charge in [0.2, 0.25) is 0 Å². The Labute approximate surface area is 312 Å². The lowest BCUT2D eigenvalue weighted by molar-refractivity contribution is -0.155. The maximum Gasteiger partial charge on any atom is 0.417 e. The predicted molar refractivity (Wildman–Crippen MR) is 200 cm³/mol. The van der Waals surface area contributed by atoms with Crippen molar-refractivity contribution in [3.63, 3.8) is 0 Å². The van der Waals surface area contributed by atoms with Crippen molar-refractivity contribution in [3.8, 4) is 11.5 Å². The lowest BCUT2D eigenvalue weighted by Crippen LogP contribution is -2.57. The van der Waals surface area contributed by atoms with Gasteiger partial charge >= 0.3 is 18.0 Å². The van der Waals surface area contributed by atoms with Crippen molar-refractivity contribution < 1.29 is 42.9 Å². The highest BCUT2D eigenvalue weighted by molar-refractivity contribution is 6.03. The predicted octanol–water partition coefficient (Wildman–Crippen LogP) is 7.19. The van der Waals surface area contributed by atoms with E-state index in [2.05, 4.69) is 5.32 Å². The van der Waals surface area contributed by atoms with Gasteiger partial charge in [0.05, 0.1) is 12.2 Å². The average Bonchev–Trinajstić information content (AvgIpc) is 3.12. The fourth-order valence-electron chi connectivity index (χ4n) is 5.19. The second-order valence-electron chi connectivity index (χ2n) is 14.0. The normalized spacial score (nSPS) is 12.3. The highest BCUT2D eigenvalue weighted by Gasteiger charge is 2.41. The number of carbonyl (C=O) groups excluding carboxylic acids is 5. The maximum atomic E-state index is 14.3. The van der Waals surface area contributed by atoms with Crippen molar-refractivity contribution in [2.24, 2.45) is 11.7 Å². The molecular weight excluding hydrogens is 678 g/mol. The number of rotatable bonds is 18. The topological polar surface area (TPSA) is 164 Å². The fraction of sp³-hybridized carbons (Fsp3) is 0.439. The number of unbranched alkanes of at least 4 members (excludes halogenated alkanes) is 1. The Morgan fingerprint density at radius 2 is 1.42 bits per heavy atom. The minimum absolute atomic E-state index is 0.0691. The summed E-state index contributed by atoms with van der Waals surface area (Å²) in [5, 5.41) is 2.78. The summed E-state index contributed by atoms with van der Waals surface area (Å²) >= 11 is 0. The molecule has 53 heavy (non-hydrogen) atoms. The first kappa shape index (κ1) is 42.2. The van der Waals surface area contributed by atoms with Gasteiger partial charge in [-0.1, -0.05) is 51.1 Å². The van der Waals surface area contributed by atoms with Gasteiger partial charge in [0, 0.05) is 5.56 Å². The molecule has 3 rings (SSSR count). The number of benzene rings is 3. The van der Waals surface area contributed by atoms with Crippen LogP contribution in [0, 0.1) is 5.92 Å². The van der Waals surface area contributed by atoms with E-state index in [-0.39, 0.29) is 37.5 Å². The molecule has 3 N–H and O–H groups in total. The molecule has 2 atom stereocenters.